The summed E-state index contributed by atoms with van der Waals surface area (Å²) < 4.78 is 5.99. The number of urea groups is 1. The van der Waals surface area contributed by atoms with Gasteiger partial charge in [-0.15, -0.1) is 0 Å². The molecule has 0 aromatic heterocycles. The summed E-state index contributed by atoms with van der Waals surface area (Å²) in [5.74, 6) is 2.69. The summed E-state index contributed by atoms with van der Waals surface area (Å²) >= 11 is 6.19. The molecule has 0 radical (unpaired) electrons. The molecule has 206 valence electrons. The summed E-state index contributed by atoms with van der Waals surface area (Å²) in [5.41, 5.74) is 1.31. The van der Waals surface area contributed by atoms with Crippen LogP contribution in [0.25, 0.3) is 0 Å². The van der Waals surface area contributed by atoms with Crippen LogP contribution in [0.15, 0.2) is 24.3 Å². The van der Waals surface area contributed by atoms with E-state index in [1.54, 1.807) is 11.0 Å². The lowest BCUT2D eigenvalue weighted by atomic mass is 9.48. The van der Waals surface area contributed by atoms with Gasteiger partial charge in [0, 0.05) is 37.7 Å². The highest BCUT2D eigenvalue weighted by Crippen LogP contribution is 2.61. The first-order valence-electron chi connectivity index (χ1n) is 13.8. The average Bonchev–Trinajstić information content (AvgIpc) is 2.82. The van der Waals surface area contributed by atoms with Gasteiger partial charge in [0.15, 0.2) is 0 Å². The van der Waals surface area contributed by atoms with E-state index in [0.29, 0.717) is 23.4 Å². The molecule has 3 amide bonds. The average molecular weight is 535 g/mol. The van der Waals surface area contributed by atoms with E-state index in [9.17, 15) is 9.59 Å². The minimum atomic E-state index is -1.08. The van der Waals surface area contributed by atoms with Crippen LogP contribution in [-0.4, -0.2) is 68.5 Å². The molecule has 9 heteroatoms. The Balaban J connectivity index is 1.31. The molecule has 2 atom stereocenters. The quantitative estimate of drug-likeness (QED) is 0.270. The highest BCUT2D eigenvalue weighted by atomic mass is 35.5. The Labute approximate surface area is 225 Å². The maximum atomic E-state index is 13.2. The molecule has 0 aliphatic heterocycles. The number of hydrogen-bond acceptors (Lipinski definition) is 4. The Morgan fingerprint density at radius 3 is 2.46 bits per heavy atom. The third kappa shape index (κ3) is 7.74. The van der Waals surface area contributed by atoms with E-state index in [1.165, 1.54) is 38.5 Å². The lowest BCUT2D eigenvalue weighted by Crippen LogP contribution is -2.53. The fourth-order valence-corrected chi connectivity index (χ4v) is 7.79. The molecule has 2 unspecified atom stereocenters. The number of amides is 3. The SMILES string of the molecule is CNCC(CC12CC3CC(CC(C3)C1)C2)NC(=O)N(C)CCC(OCCNC(=O)O)c1cccc(Cl)c1. The van der Waals surface area contributed by atoms with Crippen molar-refractivity contribution < 1.29 is 19.4 Å². The fourth-order valence-electron chi connectivity index (χ4n) is 7.59. The zero-order valence-electron chi connectivity index (χ0n) is 22.2. The number of hydrogen-bond donors (Lipinski definition) is 4. The Hall–Kier alpha value is -2.03. The number of nitrogens with zero attached hydrogens (tertiary/aromatic N) is 1. The van der Waals surface area contributed by atoms with Crippen LogP contribution in [0.2, 0.25) is 5.02 Å². The molecular formula is C28H43ClN4O4. The Morgan fingerprint density at radius 2 is 1.86 bits per heavy atom. The standard InChI is InChI=1S/C28H43ClN4O4/c1-30-18-24(17-28-14-19-10-20(15-28)12-21(11-19)16-28)32-26(34)33(2)8-6-25(37-9-7-31-27(35)36)22-4-3-5-23(29)13-22/h3-5,13,19-21,24-25,30-31H,6-12,14-18H2,1-2H3,(H,32,34)(H,35,36). The van der Waals surface area contributed by atoms with Gasteiger partial charge < -0.3 is 30.7 Å². The zero-order valence-corrected chi connectivity index (χ0v) is 22.9. The Bertz CT molecular complexity index is 894. The highest BCUT2D eigenvalue weighted by molar-refractivity contribution is 6.30. The van der Waals surface area contributed by atoms with E-state index in [1.807, 2.05) is 32.3 Å². The maximum absolute atomic E-state index is 13.2. The highest BCUT2D eigenvalue weighted by Gasteiger charge is 2.51. The molecule has 4 bridgehead atoms. The van der Waals surface area contributed by atoms with E-state index in [4.69, 9.17) is 21.4 Å². The van der Waals surface area contributed by atoms with Gasteiger partial charge in [-0.1, -0.05) is 23.7 Å². The van der Waals surface area contributed by atoms with Crippen molar-refractivity contribution in [1.82, 2.24) is 20.9 Å². The van der Waals surface area contributed by atoms with Crippen LogP contribution in [0, 0.1) is 23.2 Å². The second kappa shape index (κ2) is 12.7. The van der Waals surface area contributed by atoms with Gasteiger partial charge in [0.2, 0.25) is 0 Å². The first kappa shape index (κ1) is 28.0. The van der Waals surface area contributed by atoms with Crippen LogP contribution in [0.4, 0.5) is 9.59 Å². The predicted molar refractivity (Wildman–Crippen MR) is 145 cm³/mol. The Morgan fingerprint density at radius 1 is 1.19 bits per heavy atom. The number of ether oxygens (including phenoxy) is 1. The van der Waals surface area contributed by atoms with E-state index in [2.05, 4.69) is 16.0 Å². The van der Waals surface area contributed by atoms with Gasteiger partial charge in [-0.05, 0) is 99.3 Å². The normalized spacial score (nSPS) is 27.5. The zero-order chi connectivity index (χ0) is 26.4. The summed E-state index contributed by atoms with van der Waals surface area (Å²) in [6, 6.07) is 7.51. The maximum Gasteiger partial charge on any atom is 0.404 e. The van der Waals surface area contributed by atoms with Crippen molar-refractivity contribution in [3.05, 3.63) is 34.9 Å². The fraction of sp³-hybridized carbons (Fsp3) is 0.714. The van der Waals surface area contributed by atoms with Crippen molar-refractivity contribution in [2.45, 2.75) is 63.5 Å². The number of carbonyl (C=O) groups excluding carboxylic acids is 1. The lowest BCUT2D eigenvalue weighted by Gasteiger charge is -2.57. The van der Waals surface area contributed by atoms with Gasteiger partial charge in [0.1, 0.15) is 0 Å². The van der Waals surface area contributed by atoms with Gasteiger partial charge in [-0.25, -0.2) is 9.59 Å². The number of rotatable bonds is 13. The molecule has 8 nitrogen and oxygen atoms in total. The Kier molecular flexibility index (Phi) is 9.59. The van der Waals surface area contributed by atoms with Crippen LogP contribution in [-0.2, 0) is 4.74 Å². The van der Waals surface area contributed by atoms with Crippen LogP contribution in [0.1, 0.15) is 63.0 Å². The van der Waals surface area contributed by atoms with Gasteiger partial charge in [-0.3, -0.25) is 0 Å². The first-order chi connectivity index (χ1) is 17.7. The summed E-state index contributed by atoms with van der Waals surface area (Å²) in [7, 11) is 3.77. The van der Waals surface area contributed by atoms with Crippen LogP contribution < -0.4 is 16.0 Å². The number of carbonyl (C=O) groups is 2. The molecule has 0 spiro atoms. The largest absolute Gasteiger partial charge is 0.465 e. The number of benzene rings is 1. The smallest absolute Gasteiger partial charge is 0.404 e. The van der Waals surface area contributed by atoms with Crippen molar-refractivity contribution in [3.8, 4) is 0 Å². The van der Waals surface area contributed by atoms with Crippen molar-refractivity contribution in [1.29, 1.82) is 0 Å². The van der Waals surface area contributed by atoms with Crippen LogP contribution >= 0.6 is 11.6 Å². The summed E-state index contributed by atoms with van der Waals surface area (Å²) in [6.45, 7) is 1.69. The predicted octanol–water partition coefficient (Wildman–Crippen LogP) is 4.89. The molecule has 0 saturated heterocycles. The molecule has 4 fully saturated rings. The number of halogens is 1. The lowest BCUT2D eigenvalue weighted by molar-refractivity contribution is -0.0614. The second-order valence-electron chi connectivity index (χ2n) is 11.7. The second-order valence-corrected chi connectivity index (χ2v) is 12.1. The number of nitrogens with one attached hydrogen (secondary N) is 3. The number of carboxylic acid groups (broad SMARTS) is 1. The molecule has 1 aromatic rings. The van der Waals surface area contributed by atoms with E-state index in [-0.39, 0.29) is 31.3 Å². The minimum Gasteiger partial charge on any atom is -0.465 e. The summed E-state index contributed by atoms with van der Waals surface area (Å²) in [5, 5.41) is 18.3. The molecule has 0 heterocycles. The molecule has 4 aliphatic carbocycles. The first-order valence-corrected chi connectivity index (χ1v) is 14.1. The van der Waals surface area contributed by atoms with Crippen LogP contribution in [0.5, 0.6) is 0 Å². The molecule has 4 saturated carbocycles. The molecule has 5 rings (SSSR count). The van der Waals surface area contributed by atoms with Crippen molar-refractivity contribution in [2.75, 3.05) is 40.3 Å². The monoisotopic (exact) mass is 534 g/mol. The molecule has 4 N–H and O–H groups in total. The van der Waals surface area contributed by atoms with E-state index >= 15 is 0 Å². The molecular weight excluding hydrogens is 492 g/mol. The third-order valence-corrected chi connectivity index (χ3v) is 8.85. The minimum absolute atomic E-state index is 0.0673. The topological polar surface area (TPSA) is 103 Å². The summed E-state index contributed by atoms with van der Waals surface area (Å²) in [6.07, 6.45) is 8.52. The van der Waals surface area contributed by atoms with Gasteiger partial charge in [0.25, 0.3) is 0 Å². The van der Waals surface area contributed by atoms with Gasteiger partial charge in [-0.2, -0.15) is 0 Å². The number of likely N-dealkylation sites (N-methyl/N-ethyl adjacent to an activating group) is 1. The van der Waals surface area contributed by atoms with Gasteiger partial charge >= 0.3 is 12.1 Å². The van der Waals surface area contributed by atoms with Crippen molar-refractivity contribution in [2.24, 2.45) is 23.2 Å². The molecule has 4 aliphatic rings. The molecule has 1 aromatic carbocycles. The van der Waals surface area contributed by atoms with Crippen molar-refractivity contribution >= 4 is 23.7 Å². The summed E-state index contributed by atoms with van der Waals surface area (Å²) in [4.78, 5) is 25.7. The van der Waals surface area contributed by atoms with Crippen molar-refractivity contribution in [3.63, 3.8) is 0 Å². The van der Waals surface area contributed by atoms with E-state index < -0.39 is 6.09 Å². The third-order valence-electron chi connectivity index (χ3n) is 8.61. The molecule has 37 heavy (non-hydrogen) atoms. The van der Waals surface area contributed by atoms with E-state index in [0.717, 1.165) is 36.3 Å². The van der Waals surface area contributed by atoms with Gasteiger partial charge in [0.05, 0.1) is 12.7 Å². The van der Waals surface area contributed by atoms with Crippen LogP contribution in [0.3, 0.4) is 0 Å².